The van der Waals surface area contributed by atoms with Crippen LogP contribution in [0.1, 0.15) is 32.8 Å². The third-order valence-corrected chi connectivity index (χ3v) is 10.6. The maximum absolute atomic E-state index is 12.3. The fourth-order valence-electron chi connectivity index (χ4n) is 3.32. The number of hydrogen-bond acceptors (Lipinski definition) is 4. The summed E-state index contributed by atoms with van der Waals surface area (Å²) in [6.45, 7) is 14.6. The molecule has 1 aromatic carbocycles. The summed E-state index contributed by atoms with van der Waals surface area (Å²) in [5, 5.41) is 0.212. The molecule has 146 valence electrons. The highest BCUT2D eigenvalue weighted by Gasteiger charge is 2.40. The number of esters is 1. The van der Waals surface area contributed by atoms with Crippen LogP contribution in [0.25, 0.3) is 0 Å². The van der Waals surface area contributed by atoms with E-state index in [1.807, 2.05) is 6.07 Å². The molecule has 1 fully saturated rings. The Balaban J connectivity index is 1.95. The summed E-state index contributed by atoms with van der Waals surface area (Å²) in [4.78, 5) is 14.6. The van der Waals surface area contributed by atoms with Gasteiger partial charge in [-0.15, -0.1) is 0 Å². The van der Waals surface area contributed by atoms with E-state index in [0.29, 0.717) is 5.92 Å². The van der Waals surface area contributed by atoms with Crippen molar-refractivity contribution >= 4 is 14.3 Å². The van der Waals surface area contributed by atoms with Gasteiger partial charge in [-0.2, -0.15) is 0 Å². The first kappa shape index (κ1) is 21.1. The van der Waals surface area contributed by atoms with Crippen LogP contribution < -0.4 is 0 Å². The highest BCUT2D eigenvalue weighted by Crippen LogP contribution is 2.37. The molecule has 1 aliphatic rings. The Hall–Kier alpha value is -1.17. The number of methoxy groups -OCH3 is 1. The van der Waals surface area contributed by atoms with Gasteiger partial charge in [0.1, 0.15) is 0 Å². The molecular weight excluding hydrogens is 342 g/mol. The van der Waals surface area contributed by atoms with Gasteiger partial charge in [-0.3, -0.25) is 9.69 Å². The van der Waals surface area contributed by atoms with Crippen molar-refractivity contribution in [3.05, 3.63) is 35.9 Å². The van der Waals surface area contributed by atoms with Gasteiger partial charge < -0.3 is 9.16 Å². The molecule has 0 spiro atoms. The quantitative estimate of drug-likeness (QED) is 0.524. The molecule has 0 aromatic heterocycles. The highest BCUT2D eigenvalue weighted by atomic mass is 28.4. The van der Waals surface area contributed by atoms with Crippen molar-refractivity contribution in [2.45, 2.75) is 51.9 Å². The summed E-state index contributed by atoms with van der Waals surface area (Å²) in [5.74, 6) is 0.167. The second kappa shape index (κ2) is 8.68. The molecule has 0 amide bonds. The van der Waals surface area contributed by atoms with Crippen LogP contribution in [0.3, 0.4) is 0 Å². The van der Waals surface area contributed by atoms with Gasteiger partial charge in [0.25, 0.3) is 0 Å². The van der Waals surface area contributed by atoms with Crippen LogP contribution in [0.5, 0.6) is 0 Å². The first-order valence-corrected chi connectivity index (χ1v) is 12.5. The summed E-state index contributed by atoms with van der Waals surface area (Å²) >= 11 is 0. The summed E-state index contributed by atoms with van der Waals surface area (Å²) in [6.07, 6.45) is 0.914. The molecule has 1 heterocycles. The zero-order valence-electron chi connectivity index (χ0n) is 17.2. The average molecular weight is 378 g/mol. The van der Waals surface area contributed by atoms with Crippen molar-refractivity contribution in [2.75, 3.05) is 26.8 Å². The maximum Gasteiger partial charge on any atom is 0.310 e. The molecule has 0 saturated carbocycles. The Morgan fingerprint density at radius 2 is 1.85 bits per heavy atom. The van der Waals surface area contributed by atoms with Gasteiger partial charge in [0, 0.05) is 26.2 Å². The SMILES string of the molecule is COC(=O)[C@H]1CN(Cc2ccccc2)C[C@@H]1CCO[Si](C)(C)C(C)(C)C. The number of carbonyl (C=O) groups is 1. The van der Waals surface area contributed by atoms with Crippen LogP contribution in [0.15, 0.2) is 30.3 Å². The monoisotopic (exact) mass is 377 g/mol. The average Bonchev–Trinajstić information content (AvgIpc) is 2.96. The molecule has 1 saturated heterocycles. The smallest absolute Gasteiger partial charge is 0.310 e. The topological polar surface area (TPSA) is 38.8 Å². The summed E-state index contributed by atoms with van der Waals surface area (Å²) < 4.78 is 11.4. The fourth-order valence-corrected chi connectivity index (χ4v) is 4.39. The minimum Gasteiger partial charge on any atom is -0.469 e. The zero-order chi connectivity index (χ0) is 19.4. The van der Waals surface area contributed by atoms with Gasteiger partial charge in [-0.05, 0) is 36.0 Å². The third-order valence-electron chi connectivity index (χ3n) is 6.03. The Labute approximate surface area is 160 Å². The molecule has 0 unspecified atom stereocenters. The normalized spacial score (nSPS) is 21.8. The van der Waals surface area contributed by atoms with Crippen molar-refractivity contribution in [1.29, 1.82) is 0 Å². The van der Waals surface area contributed by atoms with Crippen molar-refractivity contribution in [3.63, 3.8) is 0 Å². The van der Waals surface area contributed by atoms with Crippen LogP contribution in [-0.4, -0.2) is 46.0 Å². The summed E-state index contributed by atoms with van der Waals surface area (Å²) in [5.41, 5.74) is 1.29. The lowest BCUT2D eigenvalue weighted by Crippen LogP contribution is -2.41. The van der Waals surface area contributed by atoms with Crippen LogP contribution in [0, 0.1) is 11.8 Å². The molecular formula is C21H35NO3Si. The van der Waals surface area contributed by atoms with Gasteiger partial charge in [0.15, 0.2) is 8.32 Å². The molecule has 0 radical (unpaired) electrons. The molecule has 2 atom stereocenters. The minimum atomic E-state index is -1.74. The lowest BCUT2D eigenvalue weighted by atomic mass is 9.93. The Morgan fingerprint density at radius 3 is 2.42 bits per heavy atom. The second-order valence-corrected chi connectivity index (χ2v) is 13.8. The number of ether oxygens (including phenoxy) is 1. The number of nitrogens with zero attached hydrogens (tertiary/aromatic N) is 1. The van der Waals surface area contributed by atoms with Gasteiger partial charge in [-0.1, -0.05) is 51.1 Å². The number of carbonyl (C=O) groups excluding carboxylic acids is 1. The number of likely N-dealkylation sites (tertiary alicyclic amines) is 1. The summed E-state index contributed by atoms with van der Waals surface area (Å²) in [6, 6.07) is 10.4. The molecule has 26 heavy (non-hydrogen) atoms. The van der Waals surface area contributed by atoms with Gasteiger partial charge in [0.2, 0.25) is 0 Å². The van der Waals surface area contributed by atoms with Crippen LogP contribution >= 0.6 is 0 Å². The van der Waals surface area contributed by atoms with E-state index in [0.717, 1.165) is 32.7 Å². The number of benzene rings is 1. The predicted octanol–water partition coefficient (Wildman–Crippen LogP) is 4.32. The first-order chi connectivity index (χ1) is 12.1. The van der Waals surface area contributed by atoms with E-state index in [2.05, 4.69) is 63.0 Å². The van der Waals surface area contributed by atoms with E-state index in [9.17, 15) is 4.79 Å². The van der Waals surface area contributed by atoms with Crippen molar-refractivity contribution in [2.24, 2.45) is 11.8 Å². The summed E-state index contributed by atoms with van der Waals surface area (Å²) in [7, 11) is -0.251. The highest BCUT2D eigenvalue weighted by molar-refractivity contribution is 6.74. The first-order valence-electron chi connectivity index (χ1n) is 9.62. The lowest BCUT2D eigenvalue weighted by Gasteiger charge is -2.36. The number of hydrogen-bond donors (Lipinski definition) is 0. The maximum atomic E-state index is 12.3. The molecule has 5 heteroatoms. The van der Waals surface area contributed by atoms with E-state index in [4.69, 9.17) is 9.16 Å². The minimum absolute atomic E-state index is 0.0493. The van der Waals surface area contributed by atoms with E-state index in [1.165, 1.54) is 12.7 Å². The molecule has 2 rings (SSSR count). The Morgan fingerprint density at radius 1 is 1.19 bits per heavy atom. The van der Waals surface area contributed by atoms with E-state index < -0.39 is 8.32 Å². The van der Waals surface area contributed by atoms with Crippen molar-refractivity contribution in [3.8, 4) is 0 Å². The van der Waals surface area contributed by atoms with Crippen LogP contribution in [-0.2, 0) is 20.5 Å². The molecule has 4 nitrogen and oxygen atoms in total. The molecule has 1 aromatic rings. The van der Waals surface area contributed by atoms with Gasteiger partial charge in [-0.25, -0.2) is 0 Å². The number of rotatable bonds is 7. The van der Waals surface area contributed by atoms with E-state index >= 15 is 0 Å². The standard InChI is InChI=1S/C21H35NO3Si/c1-21(2,3)26(5,6)25-13-12-18-15-22(16-19(18)20(23)24-4)14-17-10-8-7-9-11-17/h7-11,18-19H,12-16H2,1-6H3/t18-,19-/m0/s1. The van der Waals surface area contributed by atoms with Gasteiger partial charge in [0.05, 0.1) is 13.0 Å². The van der Waals surface area contributed by atoms with Crippen molar-refractivity contribution < 1.29 is 14.0 Å². The zero-order valence-corrected chi connectivity index (χ0v) is 18.2. The Bertz CT molecular complexity index is 583. The van der Waals surface area contributed by atoms with Crippen molar-refractivity contribution in [1.82, 2.24) is 4.90 Å². The van der Waals surface area contributed by atoms with Crippen LogP contribution in [0.4, 0.5) is 0 Å². The predicted molar refractivity (Wildman–Crippen MR) is 108 cm³/mol. The fraction of sp³-hybridized carbons (Fsp3) is 0.667. The van der Waals surface area contributed by atoms with Crippen LogP contribution in [0.2, 0.25) is 18.1 Å². The molecule has 0 bridgehead atoms. The second-order valence-electron chi connectivity index (χ2n) is 8.97. The van der Waals surface area contributed by atoms with Gasteiger partial charge >= 0.3 is 5.97 Å². The Kier molecular flexibility index (Phi) is 7.05. The third kappa shape index (κ3) is 5.41. The largest absolute Gasteiger partial charge is 0.469 e. The lowest BCUT2D eigenvalue weighted by molar-refractivity contribution is -0.146. The van der Waals surface area contributed by atoms with E-state index in [-0.39, 0.29) is 16.9 Å². The molecule has 0 aliphatic carbocycles. The van der Waals surface area contributed by atoms with E-state index in [1.54, 1.807) is 0 Å². The molecule has 1 aliphatic heterocycles. The molecule has 0 N–H and O–H groups in total.